The number of amides is 1. The van der Waals surface area contributed by atoms with Crippen molar-refractivity contribution in [3.63, 3.8) is 0 Å². The van der Waals surface area contributed by atoms with E-state index in [9.17, 15) is 4.79 Å². The fourth-order valence-corrected chi connectivity index (χ4v) is 4.73. The molecule has 3 fully saturated rings. The molecule has 2 aliphatic carbocycles. The van der Waals surface area contributed by atoms with E-state index in [1.807, 2.05) is 0 Å². The zero-order chi connectivity index (χ0) is 13.5. The lowest BCUT2D eigenvalue weighted by atomic mass is 9.74. The normalized spacial score (nSPS) is 36.7. The number of likely N-dealkylation sites (tertiary alicyclic amines) is 1. The third-order valence-corrected chi connectivity index (χ3v) is 6.58. The minimum absolute atomic E-state index is 0.429. The van der Waals surface area contributed by atoms with E-state index in [0.717, 1.165) is 24.9 Å². The molecular formula is C17H29NO. The van der Waals surface area contributed by atoms with Gasteiger partial charge in [0.2, 0.25) is 5.91 Å². The van der Waals surface area contributed by atoms with Crippen LogP contribution < -0.4 is 0 Å². The molecule has 1 saturated heterocycles. The molecule has 0 aromatic carbocycles. The number of carbonyl (C=O) groups is 1. The molecule has 0 radical (unpaired) electrons. The van der Waals surface area contributed by atoms with Crippen LogP contribution in [0.15, 0.2) is 0 Å². The summed E-state index contributed by atoms with van der Waals surface area (Å²) in [7, 11) is 0. The molecule has 1 heterocycles. The number of piperidine rings is 1. The zero-order valence-electron chi connectivity index (χ0n) is 12.7. The van der Waals surface area contributed by atoms with Gasteiger partial charge in [0.25, 0.3) is 0 Å². The molecule has 3 atom stereocenters. The van der Waals surface area contributed by atoms with Gasteiger partial charge in [0, 0.05) is 19.0 Å². The van der Waals surface area contributed by atoms with Crippen molar-refractivity contribution in [2.24, 2.45) is 23.2 Å². The third kappa shape index (κ3) is 2.32. The van der Waals surface area contributed by atoms with Gasteiger partial charge in [0.05, 0.1) is 0 Å². The fraction of sp³-hybridized carbons (Fsp3) is 0.941. The Morgan fingerprint density at radius 1 is 1.05 bits per heavy atom. The highest BCUT2D eigenvalue weighted by Crippen LogP contribution is 2.56. The number of hydrogen-bond donors (Lipinski definition) is 0. The molecule has 1 unspecified atom stereocenters. The monoisotopic (exact) mass is 263 g/mol. The van der Waals surface area contributed by atoms with Crippen molar-refractivity contribution in [3.8, 4) is 0 Å². The molecule has 0 N–H and O–H groups in total. The first-order valence-corrected chi connectivity index (χ1v) is 8.49. The summed E-state index contributed by atoms with van der Waals surface area (Å²) in [6.45, 7) is 6.68. The molecule has 19 heavy (non-hydrogen) atoms. The highest BCUT2D eigenvalue weighted by atomic mass is 16.2. The molecule has 2 saturated carbocycles. The summed E-state index contributed by atoms with van der Waals surface area (Å²) in [6, 6.07) is 0. The molecular weight excluding hydrogens is 234 g/mol. The van der Waals surface area contributed by atoms with E-state index in [2.05, 4.69) is 18.7 Å². The first-order valence-electron chi connectivity index (χ1n) is 8.49. The molecule has 2 heteroatoms. The molecule has 0 aromatic heterocycles. The number of hydrogen-bond acceptors (Lipinski definition) is 1. The first-order chi connectivity index (χ1) is 9.21. The van der Waals surface area contributed by atoms with E-state index in [0.29, 0.717) is 17.2 Å². The van der Waals surface area contributed by atoms with Gasteiger partial charge in [-0.2, -0.15) is 0 Å². The summed E-state index contributed by atoms with van der Waals surface area (Å²) in [5.41, 5.74) is 0.535. The number of fused-ring (bicyclic) bond motifs is 1. The van der Waals surface area contributed by atoms with Crippen molar-refractivity contribution in [1.82, 2.24) is 4.90 Å². The molecule has 0 aromatic rings. The van der Waals surface area contributed by atoms with Crippen molar-refractivity contribution >= 4 is 5.91 Å². The van der Waals surface area contributed by atoms with Gasteiger partial charge < -0.3 is 4.90 Å². The lowest BCUT2D eigenvalue weighted by molar-refractivity contribution is -0.135. The van der Waals surface area contributed by atoms with Crippen LogP contribution in [-0.4, -0.2) is 23.9 Å². The van der Waals surface area contributed by atoms with Gasteiger partial charge in [-0.15, -0.1) is 0 Å². The van der Waals surface area contributed by atoms with Crippen LogP contribution in [-0.2, 0) is 4.79 Å². The second-order valence-electron chi connectivity index (χ2n) is 7.17. The summed E-state index contributed by atoms with van der Waals surface area (Å²) in [5.74, 6) is 2.48. The van der Waals surface area contributed by atoms with Crippen LogP contribution in [0.1, 0.15) is 65.2 Å². The van der Waals surface area contributed by atoms with Crippen LogP contribution in [0, 0.1) is 23.2 Å². The summed E-state index contributed by atoms with van der Waals surface area (Å²) in [5, 5.41) is 0. The van der Waals surface area contributed by atoms with Gasteiger partial charge in [-0.05, 0) is 42.9 Å². The Balaban J connectivity index is 1.56. The average Bonchev–Trinajstić information content (AvgIpc) is 3.21. The van der Waals surface area contributed by atoms with Gasteiger partial charge in [0.15, 0.2) is 0 Å². The Bertz CT molecular complexity index is 325. The van der Waals surface area contributed by atoms with Gasteiger partial charge in [-0.1, -0.05) is 39.5 Å². The van der Waals surface area contributed by atoms with E-state index in [-0.39, 0.29) is 0 Å². The van der Waals surface area contributed by atoms with Crippen molar-refractivity contribution in [2.45, 2.75) is 65.2 Å². The maximum Gasteiger partial charge on any atom is 0.226 e. The Morgan fingerprint density at radius 2 is 1.58 bits per heavy atom. The largest absolute Gasteiger partial charge is 0.342 e. The van der Waals surface area contributed by atoms with Crippen molar-refractivity contribution in [3.05, 3.63) is 0 Å². The van der Waals surface area contributed by atoms with Crippen molar-refractivity contribution in [1.29, 1.82) is 0 Å². The van der Waals surface area contributed by atoms with Crippen molar-refractivity contribution in [2.75, 3.05) is 13.1 Å². The van der Waals surface area contributed by atoms with E-state index in [1.54, 1.807) is 0 Å². The van der Waals surface area contributed by atoms with Crippen LogP contribution in [0.4, 0.5) is 0 Å². The smallest absolute Gasteiger partial charge is 0.226 e. The summed E-state index contributed by atoms with van der Waals surface area (Å²) >= 11 is 0. The van der Waals surface area contributed by atoms with Crippen molar-refractivity contribution < 1.29 is 4.79 Å². The minimum atomic E-state index is 0.429. The quantitative estimate of drug-likeness (QED) is 0.757. The predicted octanol–water partition coefficient (Wildman–Crippen LogP) is 3.85. The highest BCUT2D eigenvalue weighted by Gasteiger charge is 2.56. The molecule has 0 spiro atoms. The third-order valence-electron chi connectivity index (χ3n) is 6.58. The van der Waals surface area contributed by atoms with Crippen LogP contribution >= 0.6 is 0 Å². The van der Waals surface area contributed by atoms with Crippen LogP contribution in [0.25, 0.3) is 0 Å². The van der Waals surface area contributed by atoms with Gasteiger partial charge in [0.1, 0.15) is 0 Å². The van der Waals surface area contributed by atoms with E-state index in [4.69, 9.17) is 0 Å². The second-order valence-corrected chi connectivity index (χ2v) is 7.17. The Kier molecular flexibility index (Phi) is 3.61. The average molecular weight is 263 g/mol. The number of nitrogens with zero attached hydrogens (tertiary/aromatic N) is 1. The number of rotatable bonds is 3. The maximum absolute atomic E-state index is 12.6. The van der Waals surface area contributed by atoms with E-state index < -0.39 is 0 Å². The molecule has 1 amide bonds. The predicted molar refractivity (Wildman–Crippen MR) is 77.8 cm³/mol. The number of carbonyl (C=O) groups excluding carboxylic acids is 1. The van der Waals surface area contributed by atoms with Gasteiger partial charge >= 0.3 is 0 Å². The zero-order valence-corrected chi connectivity index (χ0v) is 12.7. The Labute approximate surface area is 117 Å². The Morgan fingerprint density at radius 3 is 2.05 bits per heavy atom. The molecule has 3 rings (SSSR count). The lowest BCUT2D eigenvalue weighted by Gasteiger charge is -2.41. The molecule has 2 nitrogen and oxygen atoms in total. The molecule has 0 bridgehead atoms. The van der Waals surface area contributed by atoms with Crippen LogP contribution in [0.3, 0.4) is 0 Å². The SMILES string of the molecule is CCC1(CC)CCN(C(=O)C2[C@H]3CCCC[C@@H]23)CC1. The second kappa shape index (κ2) is 5.10. The Hall–Kier alpha value is -0.530. The van der Waals surface area contributed by atoms with Crippen LogP contribution in [0.5, 0.6) is 0 Å². The first kappa shape index (κ1) is 13.5. The van der Waals surface area contributed by atoms with Gasteiger partial charge in [-0.25, -0.2) is 0 Å². The standard InChI is InChI=1S/C17H29NO/c1-3-17(4-2)9-11-18(12-10-17)16(19)15-13-7-5-6-8-14(13)15/h13-15H,3-12H2,1-2H3/t13-,14+,15?. The summed E-state index contributed by atoms with van der Waals surface area (Å²) in [4.78, 5) is 14.8. The molecule has 3 aliphatic rings. The highest BCUT2D eigenvalue weighted by molar-refractivity contribution is 5.82. The van der Waals surface area contributed by atoms with Crippen LogP contribution in [0.2, 0.25) is 0 Å². The van der Waals surface area contributed by atoms with E-state index in [1.165, 1.54) is 51.4 Å². The molecule has 108 valence electrons. The summed E-state index contributed by atoms with van der Waals surface area (Å²) in [6.07, 6.45) is 10.4. The lowest BCUT2D eigenvalue weighted by Crippen LogP contribution is -2.43. The molecule has 1 aliphatic heterocycles. The fourth-order valence-electron chi connectivity index (χ4n) is 4.73. The van der Waals surface area contributed by atoms with Gasteiger partial charge in [-0.3, -0.25) is 4.79 Å². The maximum atomic E-state index is 12.6. The topological polar surface area (TPSA) is 20.3 Å². The van der Waals surface area contributed by atoms with E-state index >= 15 is 0 Å². The minimum Gasteiger partial charge on any atom is -0.342 e. The summed E-state index contributed by atoms with van der Waals surface area (Å²) < 4.78 is 0.